The van der Waals surface area contributed by atoms with Crippen molar-refractivity contribution in [3.63, 3.8) is 0 Å². The Bertz CT molecular complexity index is 1080. The fourth-order valence-corrected chi connectivity index (χ4v) is 3.68. The van der Waals surface area contributed by atoms with Crippen LogP contribution in [0.15, 0.2) is 54.7 Å². The molecule has 5 nitrogen and oxygen atoms in total. The molecule has 2 aromatic heterocycles. The second-order valence-electron chi connectivity index (χ2n) is 5.96. The highest BCUT2D eigenvalue weighted by atomic mass is 32.1. The van der Waals surface area contributed by atoms with Crippen molar-refractivity contribution in [3.8, 4) is 0 Å². The van der Waals surface area contributed by atoms with E-state index in [1.165, 1.54) is 11.3 Å². The minimum atomic E-state index is -0.0487. The number of hydrogen-bond acceptors (Lipinski definition) is 5. The van der Waals surface area contributed by atoms with Crippen molar-refractivity contribution in [1.29, 1.82) is 0 Å². The van der Waals surface area contributed by atoms with Gasteiger partial charge in [0.25, 0.3) is 5.91 Å². The maximum Gasteiger partial charge on any atom is 0.251 e. The molecule has 1 amide bonds. The van der Waals surface area contributed by atoms with E-state index in [0.717, 1.165) is 38.4 Å². The molecule has 0 fully saturated rings. The first-order valence-electron chi connectivity index (χ1n) is 8.54. The number of nitrogens with zero attached hydrogens (tertiary/aromatic N) is 2. The molecule has 0 aliphatic heterocycles. The van der Waals surface area contributed by atoms with Crippen LogP contribution in [0.5, 0.6) is 0 Å². The van der Waals surface area contributed by atoms with Crippen molar-refractivity contribution in [2.75, 3.05) is 11.9 Å². The van der Waals surface area contributed by atoms with Gasteiger partial charge < -0.3 is 10.6 Å². The molecule has 2 aromatic carbocycles. The van der Waals surface area contributed by atoms with Crippen LogP contribution in [-0.4, -0.2) is 22.4 Å². The normalized spacial score (nSPS) is 11.0. The lowest BCUT2D eigenvalue weighted by Gasteiger charge is -2.05. The smallest absolute Gasteiger partial charge is 0.251 e. The molecular weight excluding hydrogens is 344 g/mol. The van der Waals surface area contributed by atoms with Crippen molar-refractivity contribution in [3.05, 3.63) is 60.3 Å². The number of carbonyl (C=O) groups is 1. The molecule has 26 heavy (non-hydrogen) atoms. The number of amides is 1. The molecule has 0 aliphatic rings. The van der Waals surface area contributed by atoms with Gasteiger partial charge in [0.2, 0.25) is 0 Å². The predicted molar refractivity (Wildman–Crippen MR) is 107 cm³/mol. The third-order valence-electron chi connectivity index (χ3n) is 4.09. The fourth-order valence-electron chi connectivity index (χ4n) is 2.78. The van der Waals surface area contributed by atoms with Gasteiger partial charge in [-0.3, -0.25) is 4.79 Å². The molecule has 0 bridgehead atoms. The van der Waals surface area contributed by atoms with E-state index < -0.39 is 0 Å². The molecule has 0 saturated heterocycles. The molecule has 6 heteroatoms. The molecule has 4 aromatic rings. The van der Waals surface area contributed by atoms with E-state index >= 15 is 0 Å². The molecule has 0 atom stereocenters. The van der Waals surface area contributed by atoms with Crippen LogP contribution in [0.1, 0.15) is 23.7 Å². The monoisotopic (exact) mass is 362 g/mol. The van der Waals surface area contributed by atoms with Crippen molar-refractivity contribution >= 4 is 49.2 Å². The van der Waals surface area contributed by atoms with Gasteiger partial charge in [-0.15, -0.1) is 0 Å². The summed E-state index contributed by atoms with van der Waals surface area (Å²) in [4.78, 5) is 21.2. The topological polar surface area (TPSA) is 66.9 Å². The van der Waals surface area contributed by atoms with Crippen molar-refractivity contribution in [2.24, 2.45) is 0 Å². The average Bonchev–Trinajstić information content (AvgIpc) is 3.08. The lowest BCUT2D eigenvalue weighted by molar-refractivity contribution is 0.0954. The van der Waals surface area contributed by atoms with E-state index in [1.807, 2.05) is 49.4 Å². The van der Waals surface area contributed by atoms with E-state index in [-0.39, 0.29) is 5.91 Å². The third kappa shape index (κ3) is 3.23. The van der Waals surface area contributed by atoms with Gasteiger partial charge in [-0.25, -0.2) is 9.97 Å². The minimum Gasteiger partial charge on any atom is -0.352 e. The molecular formula is C20H18N4OS. The molecule has 2 heterocycles. The zero-order chi connectivity index (χ0) is 17.9. The Morgan fingerprint density at radius 1 is 1.15 bits per heavy atom. The lowest BCUT2D eigenvalue weighted by Crippen LogP contribution is -2.23. The summed E-state index contributed by atoms with van der Waals surface area (Å²) in [6.45, 7) is 2.71. The number of carbonyl (C=O) groups excluding carboxylic acids is 1. The van der Waals surface area contributed by atoms with Gasteiger partial charge in [0.1, 0.15) is 5.82 Å². The first kappa shape index (κ1) is 16.5. The summed E-state index contributed by atoms with van der Waals surface area (Å²) in [6.07, 6.45) is 2.70. The summed E-state index contributed by atoms with van der Waals surface area (Å²) in [5, 5.41) is 9.15. The molecule has 130 valence electrons. The number of anilines is 2. The Balaban J connectivity index is 1.64. The highest BCUT2D eigenvalue weighted by Crippen LogP contribution is 2.30. The highest BCUT2D eigenvalue weighted by molar-refractivity contribution is 7.22. The number of fused-ring (bicyclic) bond motifs is 2. The van der Waals surface area contributed by atoms with Crippen molar-refractivity contribution in [1.82, 2.24) is 15.3 Å². The molecule has 2 N–H and O–H groups in total. The average molecular weight is 362 g/mol. The third-order valence-corrected chi connectivity index (χ3v) is 5.02. The Labute approximate surface area is 155 Å². The van der Waals surface area contributed by atoms with Crippen LogP contribution in [0.4, 0.5) is 10.9 Å². The summed E-state index contributed by atoms with van der Waals surface area (Å²) < 4.78 is 0.969. The van der Waals surface area contributed by atoms with Crippen LogP contribution in [0.3, 0.4) is 0 Å². The first-order valence-corrected chi connectivity index (χ1v) is 9.36. The van der Waals surface area contributed by atoms with Crippen LogP contribution >= 0.6 is 11.3 Å². The van der Waals surface area contributed by atoms with Crippen LogP contribution < -0.4 is 10.6 Å². The molecule has 0 radical (unpaired) electrons. The van der Waals surface area contributed by atoms with Gasteiger partial charge in [0.05, 0.1) is 10.2 Å². The predicted octanol–water partition coefficient (Wildman–Crippen LogP) is 4.73. The van der Waals surface area contributed by atoms with Gasteiger partial charge >= 0.3 is 0 Å². The second kappa shape index (κ2) is 7.09. The fraction of sp³-hybridized carbons (Fsp3) is 0.150. The molecule has 0 unspecified atom stereocenters. The Hall–Kier alpha value is -2.99. The van der Waals surface area contributed by atoms with Gasteiger partial charge in [0, 0.05) is 23.7 Å². The summed E-state index contributed by atoms with van der Waals surface area (Å²) >= 11 is 1.51. The van der Waals surface area contributed by atoms with E-state index in [0.29, 0.717) is 12.1 Å². The van der Waals surface area contributed by atoms with Gasteiger partial charge in [-0.2, -0.15) is 0 Å². The highest BCUT2D eigenvalue weighted by Gasteiger charge is 2.10. The van der Waals surface area contributed by atoms with E-state index in [4.69, 9.17) is 0 Å². The number of aromatic nitrogens is 2. The summed E-state index contributed by atoms with van der Waals surface area (Å²) in [7, 11) is 0. The van der Waals surface area contributed by atoms with Gasteiger partial charge in [-0.05, 0) is 36.1 Å². The number of nitrogens with one attached hydrogen (secondary N) is 2. The summed E-state index contributed by atoms with van der Waals surface area (Å²) in [5.74, 6) is 0.732. The zero-order valence-corrected chi connectivity index (χ0v) is 15.1. The Kier molecular flexibility index (Phi) is 4.50. The lowest BCUT2D eigenvalue weighted by atomic mass is 10.1. The maximum absolute atomic E-state index is 12.1. The number of pyridine rings is 1. The summed E-state index contributed by atoms with van der Waals surface area (Å²) in [6, 6.07) is 15.7. The molecule has 0 spiro atoms. The maximum atomic E-state index is 12.1. The van der Waals surface area contributed by atoms with E-state index in [2.05, 4.69) is 26.7 Å². The largest absolute Gasteiger partial charge is 0.352 e. The van der Waals surface area contributed by atoms with E-state index in [1.54, 1.807) is 6.20 Å². The quantitative estimate of drug-likeness (QED) is 0.539. The second-order valence-corrected chi connectivity index (χ2v) is 6.99. The van der Waals surface area contributed by atoms with Crippen LogP contribution in [0.2, 0.25) is 0 Å². The number of benzene rings is 2. The van der Waals surface area contributed by atoms with Crippen LogP contribution in [-0.2, 0) is 0 Å². The molecule has 0 saturated carbocycles. The van der Waals surface area contributed by atoms with Crippen LogP contribution in [0, 0.1) is 0 Å². The molecule has 0 aliphatic carbocycles. The van der Waals surface area contributed by atoms with Crippen molar-refractivity contribution in [2.45, 2.75) is 13.3 Å². The first-order chi connectivity index (χ1) is 12.7. The zero-order valence-electron chi connectivity index (χ0n) is 14.3. The number of rotatable bonds is 5. The number of thiazole rings is 1. The SMILES string of the molecule is CCCNC(=O)c1ccc2nc(Nc3nccc4ccccc34)sc2c1. The van der Waals surface area contributed by atoms with Gasteiger partial charge in [0.15, 0.2) is 5.13 Å². The molecule has 4 rings (SSSR count). The van der Waals surface area contributed by atoms with E-state index in [9.17, 15) is 4.79 Å². The van der Waals surface area contributed by atoms with Crippen LogP contribution in [0.25, 0.3) is 21.0 Å². The minimum absolute atomic E-state index is 0.0487. The number of hydrogen-bond donors (Lipinski definition) is 2. The Morgan fingerprint density at radius 2 is 2.04 bits per heavy atom. The standard InChI is InChI=1S/C20H18N4OS/c1-2-10-22-19(25)14-7-8-16-17(12-14)26-20(23-16)24-18-15-6-4-3-5-13(15)9-11-21-18/h3-9,11-12H,2,10H2,1H3,(H,22,25)(H,21,23,24). The summed E-state index contributed by atoms with van der Waals surface area (Å²) in [5.41, 5.74) is 1.52. The van der Waals surface area contributed by atoms with Gasteiger partial charge in [-0.1, -0.05) is 42.5 Å². The Morgan fingerprint density at radius 3 is 2.92 bits per heavy atom. The van der Waals surface area contributed by atoms with Crippen molar-refractivity contribution < 1.29 is 4.79 Å².